The molecule has 1 fully saturated rings. The molecule has 4 atom stereocenters. The molecule has 1 N–H and O–H groups in total. The van der Waals surface area contributed by atoms with E-state index in [0.717, 1.165) is 47.4 Å². The van der Waals surface area contributed by atoms with Crippen molar-refractivity contribution in [1.29, 1.82) is 0 Å². The molecule has 2 aromatic rings. The monoisotopic (exact) mass is 523 g/mol. The first-order valence-corrected chi connectivity index (χ1v) is 12.0. The van der Waals surface area contributed by atoms with Crippen LogP contribution in [0.4, 0.5) is 0 Å². The normalized spacial score (nSPS) is 36.1. The summed E-state index contributed by atoms with van der Waals surface area (Å²) in [6.07, 6.45) is 1.35. The van der Waals surface area contributed by atoms with Crippen molar-refractivity contribution in [3.8, 4) is 17.2 Å². The highest BCUT2D eigenvalue weighted by Gasteiger charge is 2.48. The van der Waals surface area contributed by atoms with Gasteiger partial charge in [0.15, 0.2) is 11.5 Å². The molecule has 0 saturated carbocycles. The van der Waals surface area contributed by atoms with E-state index >= 15 is 0 Å². The van der Waals surface area contributed by atoms with Gasteiger partial charge in [0, 0.05) is 38.3 Å². The number of carbonyl (C=O) groups is 2. The molecule has 1 unspecified atom stereocenters. The number of hydrogen-bond acceptors (Lipinski definition) is 6. The van der Waals surface area contributed by atoms with Crippen LogP contribution in [0.15, 0.2) is 42.5 Å². The van der Waals surface area contributed by atoms with E-state index in [1.807, 2.05) is 0 Å². The van der Waals surface area contributed by atoms with E-state index in [4.69, 9.17) is 22.4 Å². The first-order chi connectivity index (χ1) is 22.9. The summed E-state index contributed by atoms with van der Waals surface area (Å²) in [5, 5.41) is 10.8. The van der Waals surface area contributed by atoms with Gasteiger partial charge in [0.05, 0.1) is 27.7 Å². The molecule has 0 radical (unpaired) electrons. The zero-order chi connectivity index (χ0) is 37.9. The van der Waals surface area contributed by atoms with Crippen molar-refractivity contribution in [2.75, 3.05) is 39.8 Å². The number of benzene rings is 2. The Hall–Kier alpha value is -3.26. The highest BCUT2D eigenvalue weighted by Crippen LogP contribution is 2.47. The summed E-state index contributed by atoms with van der Waals surface area (Å²) >= 11 is 0. The smallest absolute Gasteiger partial charge is 0.309 e. The van der Waals surface area contributed by atoms with E-state index in [-0.39, 0.29) is 29.4 Å². The van der Waals surface area contributed by atoms with Crippen LogP contribution in [-0.4, -0.2) is 66.6 Å². The Morgan fingerprint density at radius 3 is 2.59 bits per heavy atom. The number of ether oxygens (including phenoxy) is 3. The average Bonchev–Trinajstić information content (AvgIpc) is 3.37. The van der Waals surface area contributed by atoms with E-state index in [9.17, 15) is 24.3 Å². The Bertz CT molecular complexity index is 1610. The van der Waals surface area contributed by atoms with Gasteiger partial charge in [-0.15, -0.1) is 0 Å². The van der Waals surface area contributed by atoms with E-state index in [2.05, 4.69) is 0 Å². The van der Waals surface area contributed by atoms with Crippen molar-refractivity contribution < 1.29 is 46.7 Å². The minimum atomic E-state index is -3.76. The number of rotatable bonds is 12. The molecule has 2 aliphatic heterocycles. The summed E-state index contributed by atoms with van der Waals surface area (Å²) in [5.74, 6) is -11.9. The lowest BCUT2D eigenvalue weighted by Crippen LogP contribution is -2.42. The van der Waals surface area contributed by atoms with Crippen LogP contribution in [0, 0.1) is 5.89 Å². The molecule has 0 aromatic heterocycles. The predicted molar refractivity (Wildman–Crippen MR) is 140 cm³/mol. The van der Waals surface area contributed by atoms with Crippen LogP contribution in [-0.2, 0) is 9.59 Å². The van der Waals surface area contributed by atoms with Gasteiger partial charge in [0.25, 0.3) is 0 Å². The molecule has 37 heavy (non-hydrogen) atoms. The Balaban J connectivity index is 2.06. The summed E-state index contributed by atoms with van der Waals surface area (Å²) in [7, 11) is -2.93. The van der Waals surface area contributed by atoms with Crippen LogP contribution in [0.1, 0.15) is 80.4 Å². The van der Waals surface area contributed by atoms with Gasteiger partial charge in [0.1, 0.15) is 8.49 Å². The first kappa shape index (κ1) is 14.6. The molecule has 2 aliphatic rings. The van der Waals surface area contributed by atoms with Crippen molar-refractivity contribution in [3.63, 3.8) is 0 Å². The lowest BCUT2D eigenvalue weighted by molar-refractivity contribution is -0.144. The summed E-state index contributed by atoms with van der Waals surface area (Å²) in [6, 6.07) is 3.17. The zero-order valence-corrected chi connectivity index (χ0v) is 20.5. The fourth-order valence-corrected chi connectivity index (χ4v) is 3.90. The molecule has 200 valence electrons. The van der Waals surface area contributed by atoms with Crippen LogP contribution in [0.5, 0.6) is 17.2 Å². The zero-order valence-electron chi connectivity index (χ0n) is 33.5. The third-order valence-corrected chi connectivity index (χ3v) is 5.79. The second kappa shape index (κ2) is 12.3. The second-order valence-corrected chi connectivity index (χ2v) is 8.36. The number of amides is 1. The van der Waals surface area contributed by atoms with Gasteiger partial charge in [-0.2, -0.15) is 0 Å². The fourth-order valence-electron chi connectivity index (χ4n) is 3.90. The van der Waals surface area contributed by atoms with Gasteiger partial charge in [-0.1, -0.05) is 44.9 Å². The highest BCUT2D eigenvalue weighted by molar-refractivity contribution is 5.79. The molecule has 0 aliphatic carbocycles. The summed E-state index contributed by atoms with van der Waals surface area (Å²) in [5.41, 5.74) is -1.27. The molecule has 0 spiro atoms. The largest absolute Gasteiger partial charge is 0.497 e. The number of carboxylic acids is 1. The Morgan fingerprint density at radius 2 is 1.89 bits per heavy atom. The number of carboxylic acid groups (broad SMARTS) is 1. The van der Waals surface area contributed by atoms with Crippen molar-refractivity contribution in [3.05, 3.63) is 53.6 Å². The van der Waals surface area contributed by atoms with Crippen molar-refractivity contribution in [1.82, 2.24) is 9.80 Å². The lowest BCUT2D eigenvalue weighted by atomic mass is 9.82. The minimum Gasteiger partial charge on any atom is -0.497 e. The maximum Gasteiger partial charge on any atom is 0.309 e. The minimum absolute atomic E-state index is 0.0788. The van der Waals surface area contributed by atoms with Gasteiger partial charge in [-0.3, -0.25) is 14.5 Å². The van der Waals surface area contributed by atoms with Crippen molar-refractivity contribution in [2.45, 2.75) is 51.4 Å². The summed E-state index contributed by atoms with van der Waals surface area (Å²) < 4.78 is 127. The molecule has 2 aromatic carbocycles. The van der Waals surface area contributed by atoms with Crippen molar-refractivity contribution >= 4 is 11.9 Å². The number of likely N-dealkylation sites (tertiary alicyclic amines) is 1. The molecular formula is C29H38N2O6. The molecule has 8 heteroatoms. The third-order valence-electron chi connectivity index (χ3n) is 5.79. The van der Waals surface area contributed by atoms with Crippen LogP contribution < -0.4 is 14.2 Å². The third kappa shape index (κ3) is 6.01. The maximum atomic E-state index is 14.3. The fraction of sp³-hybridized carbons (Fsp3) is 0.517. The number of methoxy groups -OCH3 is 1. The molecule has 2 heterocycles. The van der Waals surface area contributed by atoms with Crippen molar-refractivity contribution in [2.24, 2.45) is 5.89 Å². The number of carbonyl (C=O) groups excluding carboxylic acids is 1. The number of hydrogen-bond donors (Lipinski definition) is 1. The standard InChI is InChI=1S/C29H38N2O6/c1-4-6-14-30(15-7-5-2)26(32)18-31-17-23(21-10-13-24-25(16-21)37-19-36-24)27(29(33)34)28(31)20-8-11-22(35-3)12-9-20/h8-13,16,23,27-28H,4-7,14-15,17-19H2,1-3H3,(H,33,34)/t23-,27-,28+/m1/s1/i3D3,14D,17D2,18D2,19D2,23D,27D,28D/t14?,23-,27-,28+. The summed E-state index contributed by atoms with van der Waals surface area (Å²) in [4.78, 5) is 28.4. The van der Waals surface area contributed by atoms with Crippen LogP contribution in [0.3, 0.4) is 0 Å². The Labute approximate surface area is 237 Å². The van der Waals surface area contributed by atoms with Gasteiger partial charge >= 0.3 is 5.97 Å². The van der Waals surface area contributed by atoms with Gasteiger partial charge < -0.3 is 24.2 Å². The average molecular weight is 524 g/mol. The molecule has 4 rings (SSSR count). The molecule has 8 nitrogen and oxygen atoms in total. The van der Waals surface area contributed by atoms with Gasteiger partial charge in [-0.25, -0.2) is 0 Å². The number of nitrogens with zero attached hydrogens (tertiary/aromatic N) is 2. The highest BCUT2D eigenvalue weighted by atomic mass is 16.7. The molecule has 0 bridgehead atoms. The lowest BCUT2D eigenvalue weighted by Gasteiger charge is -2.30. The number of fused-ring (bicyclic) bond motifs is 1. The van der Waals surface area contributed by atoms with E-state index < -0.39 is 79.9 Å². The first-order valence-electron chi connectivity index (χ1n) is 18.5. The molecular weight excluding hydrogens is 472 g/mol. The maximum absolute atomic E-state index is 14.3. The number of unbranched alkanes of at least 4 members (excludes halogenated alkanes) is 1. The Kier molecular flexibility index (Phi) is 4.87. The topological polar surface area (TPSA) is 88.5 Å². The quantitative estimate of drug-likeness (QED) is 0.432. The Morgan fingerprint density at radius 1 is 1.16 bits per heavy atom. The van der Waals surface area contributed by atoms with Crippen LogP contribution >= 0.6 is 0 Å². The number of aliphatic carboxylic acids is 1. The van der Waals surface area contributed by atoms with E-state index in [1.54, 1.807) is 13.8 Å². The van der Waals surface area contributed by atoms with Crippen LogP contribution in [0.25, 0.3) is 0 Å². The van der Waals surface area contributed by atoms with Gasteiger partial charge in [-0.05, 0) is 48.2 Å². The van der Waals surface area contributed by atoms with E-state index in [1.165, 1.54) is 0 Å². The van der Waals surface area contributed by atoms with Crippen LogP contribution in [0.2, 0.25) is 0 Å². The SMILES string of the molecule is [2H]C(CCC)N(CCCC)C(=O)C([2H])([2H])N1C([2H])([2H])[C@]([2H])(c2ccc3c(c2)OC([2H])([2H])O3)[C@@]([2H])(C(=O)O)[C@]1([2H])c1ccc(OC([2H])([2H])[2H])cc1. The predicted octanol–water partition coefficient (Wildman–Crippen LogP) is 4.69. The van der Waals surface area contributed by atoms with Gasteiger partial charge in [0.2, 0.25) is 12.7 Å². The summed E-state index contributed by atoms with van der Waals surface area (Å²) in [6.45, 7) is -8.06. The van der Waals surface area contributed by atoms with E-state index in [0.29, 0.717) is 19.3 Å². The molecule has 1 saturated heterocycles. The second-order valence-electron chi connectivity index (χ2n) is 8.36. The molecule has 1 amide bonds.